The standard InChI is InChI=1S/C19H25N5O2.C2HF3O2/c1-15-4-3-5-16(21-15)11-23-8-6-19(7-9-23)14-24(18(25)13-26-19)17-10-20-22(2)12-17;3-2(4,5)1(6)7/h3-5,10,12H,6-9,11,13-14H2,1-2H3;(H,6,7). The zero-order valence-electron chi connectivity index (χ0n) is 18.4. The Morgan fingerprint density at radius 2 is 1.94 bits per heavy atom. The topological polar surface area (TPSA) is 101 Å². The second kappa shape index (κ2) is 9.87. The number of likely N-dealkylation sites (tertiary alicyclic amines) is 1. The summed E-state index contributed by atoms with van der Waals surface area (Å²) in [4.78, 5) is 30.1. The summed E-state index contributed by atoms with van der Waals surface area (Å²) in [6.07, 6.45) is 0.386. The van der Waals surface area contributed by atoms with Crippen LogP contribution in [0, 0.1) is 6.92 Å². The summed E-state index contributed by atoms with van der Waals surface area (Å²) >= 11 is 0. The van der Waals surface area contributed by atoms with Crippen LogP contribution in [-0.4, -0.2) is 74.7 Å². The summed E-state index contributed by atoms with van der Waals surface area (Å²) in [7, 11) is 1.86. The number of rotatable bonds is 3. The van der Waals surface area contributed by atoms with Crippen LogP contribution in [0.15, 0.2) is 30.6 Å². The van der Waals surface area contributed by atoms with Gasteiger partial charge in [-0.25, -0.2) is 4.79 Å². The van der Waals surface area contributed by atoms with E-state index in [2.05, 4.69) is 27.1 Å². The van der Waals surface area contributed by atoms with Crippen LogP contribution >= 0.6 is 0 Å². The molecular weight excluding hydrogens is 443 g/mol. The molecule has 2 aliphatic rings. The van der Waals surface area contributed by atoms with Gasteiger partial charge in [0, 0.05) is 38.6 Å². The van der Waals surface area contributed by atoms with E-state index >= 15 is 0 Å². The Kier molecular flexibility index (Phi) is 7.38. The number of ether oxygens (including phenoxy) is 1. The molecule has 0 saturated carbocycles. The maximum atomic E-state index is 12.3. The van der Waals surface area contributed by atoms with Gasteiger partial charge in [0.25, 0.3) is 5.91 Å². The van der Waals surface area contributed by atoms with Crippen molar-refractivity contribution in [3.63, 3.8) is 0 Å². The minimum Gasteiger partial charge on any atom is -0.475 e. The zero-order chi connectivity index (χ0) is 24.2. The maximum absolute atomic E-state index is 12.3. The first-order valence-electron chi connectivity index (χ1n) is 10.4. The third-order valence-electron chi connectivity index (χ3n) is 5.59. The fourth-order valence-corrected chi connectivity index (χ4v) is 3.84. The van der Waals surface area contributed by atoms with Crippen molar-refractivity contribution in [2.45, 2.75) is 38.1 Å². The second-order valence-electron chi connectivity index (χ2n) is 8.17. The summed E-state index contributed by atoms with van der Waals surface area (Å²) in [5.74, 6) is -2.75. The molecule has 33 heavy (non-hydrogen) atoms. The number of aryl methyl sites for hydroxylation is 2. The number of morpholine rings is 1. The van der Waals surface area contributed by atoms with Gasteiger partial charge in [-0.15, -0.1) is 0 Å². The van der Waals surface area contributed by atoms with E-state index in [1.54, 1.807) is 10.9 Å². The molecule has 2 aromatic rings. The Bertz CT molecular complexity index is 986. The maximum Gasteiger partial charge on any atom is 0.490 e. The van der Waals surface area contributed by atoms with Gasteiger partial charge in [-0.2, -0.15) is 18.3 Å². The van der Waals surface area contributed by atoms with Crippen molar-refractivity contribution >= 4 is 17.6 Å². The van der Waals surface area contributed by atoms with E-state index in [1.165, 1.54) is 0 Å². The van der Waals surface area contributed by atoms with Gasteiger partial charge in [-0.1, -0.05) is 6.07 Å². The van der Waals surface area contributed by atoms with Crippen molar-refractivity contribution in [3.05, 3.63) is 42.0 Å². The number of carbonyl (C=O) groups is 2. The lowest BCUT2D eigenvalue weighted by Gasteiger charge is -2.46. The number of carboxylic acid groups (broad SMARTS) is 1. The molecule has 4 heterocycles. The van der Waals surface area contributed by atoms with Crippen LogP contribution in [0.5, 0.6) is 0 Å². The van der Waals surface area contributed by atoms with Gasteiger partial charge < -0.3 is 14.7 Å². The van der Waals surface area contributed by atoms with Gasteiger partial charge in [0.2, 0.25) is 0 Å². The molecule has 0 aromatic carbocycles. The Morgan fingerprint density at radius 3 is 2.48 bits per heavy atom. The number of aromatic nitrogens is 3. The number of amides is 1. The average molecular weight is 469 g/mol. The van der Waals surface area contributed by atoms with Crippen LogP contribution in [-0.2, 0) is 27.9 Å². The Hall–Kier alpha value is -2.99. The fourth-order valence-electron chi connectivity index (χ4n) is 3.84. The van der Waals surface area contributed by atoms with Crippen molar-refractivity contribution in [2.75, 3.05) is 31.1 Å². The number of nitrogens with zero attached hydrogens (tertiary/aromatic N) is 5. The lowest BCUT2D eigenvalue weighted by molar-refractivity contribution is -0.192. The second-order valence-corrected chi connectivity index (χ2v) is 8.17. The van der Waals surface area contributed by atoms with E-state index in [0.29, 0.717) is 6.54 Å². The normalized spacial score (nSPS) is 18.7. The smallest absolute Gasteiger partial charge is 0.475 e. The van der Waals surface area contributed by atoms with Crippen molar-refractivity contribution in [1.82, 2.24) is 19.7 Å². The zero-order valence-corrected chi connectivity index (χ0v) is 18.4. The van der Waals surface area contributed by atoms with E-state index in [0.717, 1.165) is 49.6 Å². The fraction of sp³-hybridized carbons (Fsp3) is 0.524. The van der Waals surface area contributed by atoms with Crippen LogP contribution in [0.4, 0.5) is 18.9 Å². The van der Waals surface area contributed by atoms with Gasteiger partial charge >= 0.3 is 12.1 Å². The number of alkyl halides is 3. The molecule has 2 fully saturated rings. The molecule has 0 bridgehead atoms. The molecule has 1 amide bonds. The highest BCUT2D eigenvalue weighted by molar-refractivity contribution is 5.94. The quantitative estimate of drug-likeness (QED) is 0.735. The molecule has 2 saturated heterocycles. The number of carboxylic acids is 1. The number of hydrogen-bond donors (Lipinski definition) is 1. The van der Waals surface area contributed by atoms with Crippen molar-refractivity contribution in [1.29, 1.82) is 0 Å². The van der Waals surface area contributed by atoms with Gasteiger partial charge in [-0.05, 0) is 31.9 Å². The molecule has 0 radical (unpaired) electrons. The van der Waals surface area contributed by atoms with Crippen molar-refractivity contribution < 1.29 is 32.6 Å². The molecule has 180 valence electrons. The highest BCUT2D eigenvalue weighted by Gasteiger charge is 2.43. The Morgan fingerprint density at radius 1 is 1.27 bits per heavy atom. The van der Waals surface area contributed by atoms with Gasteiger partial charge in [0.15, 0.2) is 0 Å². The van der Waals surface area contributed by atoms with Gasteiger partial charge in [-0.3, -0.25) is 19.4 Å². The van der Waals surface area contributed by atoms with E-state index in [4.69, 9.17) is 14.6 Å². The number of anilines is 1. The highest BCUT2D eigenvalue weighted by Crippen LogP contribution is 2.33. The molecule has 2 aliphatic heterocycles. The summed E-state index contributed by atoms with van der Waals surface area (Å²) < 4.78 is 39.5. The molecule has 1 spiro atoms. The summed E-state index contributed by atoms with van der Waals surface area (Å²) in [6.45, 7) is 5.54. The molecule has 12 heteroatoms. The highest BCUT2D eigenvalue weighted by atomic mass is 19.4. The molecule has 0 unspecified atom stereocenters. The first-order chi connectivity index (χ1) is 15.5. The molecule has 4 rings (SSSR count). The van der Waals surface area contributed by atoms with E-state index < -0.39 is 12.1 Å². The average Bonchev–Trinajstić information content (AvgIpc) is 3.18. The molecule has 1 N–H and O–H groups in total. The third-order valence-corrected chi connectivity index (χ3v) is 5.59. The van der Waals surface area contributed by atoms with E-state index in [-0.39, 0.29) is 18.1 Å². The first kappa shape index (κ1) is 24.6. The summed E-state index contributed by atoms with van der Waals surface area (Å²) in [5, 5.41) is 11.3. The molecular formula is C21H26F3N5O4. The number of hydrogen-bond acceptors (Lipinski definition) is 6. The number of aliphatic carboxylic acids is 1. The molecule has 0 atom stereocenters. The number of piperidine rings is 1. The van der Waals surface area contributed by atoms with Crippen LogP contribution < -0.4 is 4.90 Å². The van der Waals surface area contributed by atoms with E-state index in [1.807, 2.05) is 31.1 Å². The Labute approximate surface area is 188 Å². The van der Waals surface area contributed by atoms with E-state index in [9.17, 15) is 18.0 Å². The molecule has 0 aliphatic carbocycles. The van der Waals surface area contributed by atoms with Gasteiger partial charge in [0.05, 0.1) is 29.7 Å². The largest absolute Gasteiger partial charge is 0.490 e. The van der Waals surface area contributed by atoms with Crippen LogP contribution in [0.1, 0.15) is 24.2 Å². The predicted octanol–water partition coefficient (Wildman–Crippen LogP) is 2.15. The molecule has 9 nitrogen and oxygen atoms in total. The Balaban J connectivity index is 0.000000383. The minimum absolute atomic E-state index is 0.00927. The number of pyridine rings is 1. The van der Waals surface area contributed by atoms with Gasteiger partial charge in [0.1, 0.15) is 6.61 Å². The summed E-state index contributed by atoms with van der Waals surface area (Å²) in [6, 6.07) is 6.16. The third kappa shape index (κ3) is 6.51. The number of carbonyl (C=O) groups excluding carboxylic acids is 1. The monoisotopic (exact) mass is 469 g/mol. The first-order valence-corrected chi connectivity index (χ1v) is 10.4. The van der Waals surface area contributed by atoms with Crippen LogP contribution in [0.2, 0.25) is 0 Å². The van der Waals surface area contributed by atoms with Crippen LogP contribution in [0.25, 0.3) is 0 Å². The van der Waals surface area contributed by atoms with Crippen molar-refractivity contribution in [2.24, 2.45) is 7.05 Å². The van der Waals surface area contributed by atoms with Crippen molar-refractivity contribution in [3.8, 4) is 0 Å². The predicted molar refractivity (Wildman–Crippen MR) is 111 cm³/mol. The summed E-state index contributed by atoms with van der Waals surface area (Å²) in [5.41, 5.74) is 2.77. The van der Waals surface area contributed by atoms with Crippen LogP contribution in [0.3, 0.4) is 0 Å². The SMILES string of the molecule is Cc1cccc(CN2CCC3(CC2)CN(c2cnn(C)c2)C(=O)CO3)n1.O=C(O)C(F)(F)F. The number of halogens is 3. The minimum atomic E-state index is -5.08. The lowest BCUT2D eigenvalue weighted by atomic mass is 9.89. The molecule has 2 aromatic heterocycles. The lowest BCUT2D eigenvalue weighted by Crippen LogP contribution is -2.58.